The molecule has 0 aliphatic rings. The summed E-state index contributed by atoms with van der Waals surface area (Å²) in [4.78, 5) is 7.79. The van der Waals surface area contributed by atoms with Gasteiger partial charge in [-0.05, 0) is 17.8 Å². The fourth-order valence-electron chi connectivity index (χ4n) is 0.749. The van der Waals surface area contributed by atoms with Crippen LogP contribution in [0.4, 0.5) is 0 Å². The third kappa shape index (κ3) is 2.42. The Morgan fingerprint density at radius 1 is 1.67 bits per heavy atom. The number of isothiocyanates is 1. The minimum atomic E-state index is 0.528. The van der Waals surface area contributed by atoms with Crippen molar-refractivity contribution in [1.29, 1.82) is 0 Å². The van der Waals surface area contributed by atoms with Crippen LogP contribution in [-0.2, 0) is 6.54 Å². The van der Waals surface area contributed by atoms with Gasteiger partial charge in [0.05, 0.1) is 18.8 Å². The lowest BCUT2D eigenvalue weighted by molar-refractivity contribution is 0.397. The van der Waals surface area contributed by atoms with Crippen LogP contribution in [0.3, 0.4) is 0 Å². The van der Waals surface area contributed by atoms with E-state index in [1.54, 1.807) is 19.4 Å². The highest BCUT2D eigenvalue weighted by Crippen LogP contribution is 2.06. The van der Waals surface area contributed by atoms with Crippen LogP contribution in [0.25, 0.3) is 0 Å². The standard InChI is InChI=1S/C8H8N2OS/c1-11-8-3-2-7(5-10-8)4-9-6-12/h2-3,5H,4H2,1H3. The van der Waals surface area contributed by atoms with Gasteiger partial charge >= 0.3 is 0 Å². The Bertz CT molecular complexity index is 290. The normalized spacial score (nSPS) is 8.75. The molecule has 1 aromatic rings. The van der Waals surface area contributed by atoms with Crippen molar-refractivity contribution < 1.29 is 4.74 Å². The average Bonchev–Trinajstić information content (AvgIpc) is 2.15. The van der Waals surface area contributed by atoms with Gasteiger partial charge in [0.15, 0.2) is 0 Å². The Balaban J connectivity index is 2.70. The Morgan fingerprint density at radius 2 is 2.50 bits per heavy atom. The maximum absolute atomic E-state index is 4.90. The van der Waals surface area contributed by atoms with Gasteiger partial charge in [-0.25, -0.2) is 9.98 Å². The van der Waals surface area contributed by atoms with E-state index in [-0.39, 0.29) is 0 Å². The average molecular weight is 180 g/mol. The summed E-state index contributed by atoms with van der Waals surface area (Å²) < 4.78 is 4.90. The Kier molecular flexibility index (Phi) is 3.38. The van der Waals surface area contributed by atoms with E-state index in [0.717, 1.165) is 5.56 Å². The SMILES string of the molecule is COc1ccc(CN=C=S)cn1. The minimum Gasteiger partial charge on any atom is -0.481 e. The van der Waals surface area contributed by atoms with Crippen LogP contribution in [0.2, 0.25) is 0 Å². The van der Waals surface area contributed by atoms with Crippen molar-refractivity contribution in [2.75, 3.05) is 7.11 Å². The van der Waals surface area contributed by atoms with E-state index >= 15 is 0 Å². The smallest absolute Gasteiger partial charge is 0.212 e. The lowest BCUT2D eigenvalue weighted by Gasteiger charge is -1.98. The summed E-state index contributed by atoms with van der Waals surface area (Å²) >= 11 is 4.44. The van der Waals surface area contributed by atoms with Crippen molar-refractivity contribution in [1.82, 2.24) is 4.98 Å². The summed E-state index contributed by atoms with van der Waals surface area (Å²) in [6.07, 6.45) is 1.70. The number of thiocarbonyl (C=S) groups is 1. The molecule has 3 nitrogen and oxygen atoms in total. The first-order valence-electron chi connectivity index (χ1n) is 3.39. The van der Waals surface area contributed by atoms with Crippen LogP contribution in [0.5, 0.6) is 5.88 Å². The molecule has 1 heterocycles. The predicted octanol–water partition coefficient (Wildman–Crippen LogP) is 1.69. The highest BCUT2D eigenvalue weighted by atomic mass is 32.1. The zero-order valence-electron chi connectivity index (χ0n) is 6.65. The van der Waals surface area contributed by atoms with Crippen LogP contribution < -0.4 is 4.74 Å². The maximum atomic E-state index is 4.90. The number of hydrogen-bond donors (Lipinski definition) is 0. The summed E-state index contributed by atoms with van der Waals surface area (Å²) in [6.45, 7) is 0.528. The number of rotatable bonds is 3. The molecule has 0 saturated carbocycles. The fourth-order valence-corrected chi connectivity index (χ4v) is 0.813. The zero-order valence-corrected chi connectivity index (χ0v) is 7.47. The molecule has 0 aliphatic carbocycles. The zero-order chi connectivity index (χ0) is 8.81. The molecule has 0 aliphatic heterocycles. The lowest BCUT2D eigenvalue weighted by atomic mass is 10.3. The van der Waals surface area contributed by atoms with Crippen molar-refractivity contribution in [3.05, 3.63) is 23.9 Å². The van der Waals surface area contributed by atoms with Crippen molar-refractivity contribution in [3.63, 3.8) is 0 Å². The summed E-state index contributed by atoms with van der Waals surface area (Å²) in [5.74, 6) is 0.602. The quantitative estimate of drug-likeness (QED) is 0.524. The van der Waals surface area contributed by atoms with E-state index in [1.165, 1.54) is 0 Å². The highest BCUT2D eigenvalue weighted by Gasteiger charge is 1.92. The Labute approximate surface area is 76.1 Å². The van der Waals surface area contributed by atoms with Gasteiger partial charge < -0.3 is 4.74 Å². The molecule has 1 aromatic heterocycles. The second-order valence-electron chi connectivity index (χ2n) is 2.12. The van der Waals surface area contributed by atoms with E-state index in [0.29, 0.717) is 12.4 Å². The van der Waals surface area contributed by atoms with E-state index in [9.17, 15) is 0 Å². The lowest BCUT2D eigenvalue weighted by Crippen LogP contribution is -1.88. The van der Waals surface area contributed by atoms with Crippen molar-refractivity contribution >= 4 is 17.4 Å². The van der Waals surface area contributed by atoms with Crippen LogP contribution in [0.1, 0.15) is 5.56 Å². The van der Waals surface area contributed by atoms with Crippen molar-refractivity contribution in [3.8, 4) is 5.88 Å². The van der Waals surface area contributed by atoms with Gasteiger partial charge in [0.2, 0.25) is 5.88 Å². The second kappa shape index (κ2) is 4.59. The largest absolute Gasteiger partial charge is 0.481 e. The molecule has 0 amide bonds. The predicted molar refractivity (Wildman–Crippen MR) is 49.5 cm³/mol. The van der Waals surface area contributed by atoms with E-state index in [4.69, 9.17) is 4.74 Å². The topological polar surface area (TPSA) is 34.5 Å². The van der Waals surface area contributed by atoms with Gasteiger partial charge in [-0.15, -0.1) is 0 Å². The Morgan fingerprint density at radius 3 is 3.00 bits per heavy atom. The number of aromatic nitrogens is 1. The molecule has 0 saturated heterocycles. The van der Waals surface area contributed by atoms with Gasteiger partial charge in [-0.2, -0.15) is 0 Å². The number of methoxy groups -OCH3 is 1. The van der Waals surface area contributed by atoms with Gasteiger partial charge in [0.25, 0.3) is 0 Å². The molecular weight excluding hydrogens is 172 g/mol. The molecule has 0 fully saturated rings. The third-order valence-electron chi connectivity index (χ3n) is 1.33. The molecule has 0 radical (unpaired) electrons. The van der Waals surface area contributed by atoms with Crippen LogP contribution in [0, 0.1) is 0 Å². The van der Waals surface area contributed by atoms with Crippen LogP contribution in [-0.4, -0.2) is 17.3 Å². The van der Waals surface area contributed by atoms with E-state index < -0.39 is 0 Å². The summed E-state index contributed by atoms with van der Waals surface area (Å²) in [5.41, 5.74) is 0.994. The third-order valence-corrected chi connectivity index (χ3v) is 1.46. The number of nitrogens with zero attached hydrogens (tertiary/aromatic N) is 2. The summed E-state index contributed by atoms with van der Waals surface area (Å²) in [5, 5.41) is 2.29. The molecule has 0 unspecified atom stereocenters. The first-order chi connectivity index (χ1) is 5.86. The molecule has 0 atom stereocenters. The van der Waals surface area contributed by atoms with Crippen molar-refractivity contribution in [2.45, 2.75) is 6.54 Å². The van der Waals surface area contributed by atoms with Crippen LogP contribution >= 0.6 is 12.2 Å². The second-order valence-corrected chi connectivity index (χ2v) is 2.30. The van der Waals surface area contributed by atoms with E-state index in [1.807, 2.05) is 6.07 Å². The van der Waals surface area contributed by atoms with Gasteiger partial charge in [0, 0.05) is 12.3 Å². The molecular formula is C8H8N2OS. The molecule has 0 bridgehead atoms. The highest BCUT2D eigenvalue weighted by molar-refractivity contribution is 7.78. The van der Waals surface area contributed by atoms with Crippen LogP contribution in [0.15, 0.2) is 23.3 Å². The molecule has 0 aromatic carbocycles. The molecule has 0 spiro atoms. The molecule has 1 rings (SSSR count). The first kappa shape index (κ1) is 8.84. The molecule has 4 heteroatoms. The number of hydrogen-bond acceptors (Lipinski definition) is 4. The minimum absolute atomic E-state index is 0.528. The Hall–Kier alpha value is -1.25. The summed E-state index contributed by atoms with van der Waals surface area (Å²) in [6, 6.07) is 3.68. The number of ether oxygens (including phenoxy) is 1. The summed E-state index contributed by atoms with van der Waals surface area (Å²) in [7, 11) is 1.58. The maximum Gasteiger partial charge on any atom is 0.212 e. The van der Waals surface area contributed by atoms with E-state index in [2.05, 4.69) is 27.4 Å². The molecule has 62 valence electrons. The van der Waals surface area contributed by atoms with Gasteiger partial charge in [0.1, 0.15) is 0 Å². The number of pyridine rings is 1. The first-order valence-corrected chi connectivity index (χ1v) is 3.80. The fraction of sp³-hybridized carbons (Fsp3) is 0.250. The van der Waals surface area contributed by atoms with Crippen molar-refractivity contribution in [2.24, 2.45) is 4.99 Å². The van der Waals surface area contributed by atoms with Gasteiger partial charge in [-0.3, -0.25) is 0 Å². The number of aliphatic imine (C=N–C) groups is 1. The molecule has 12 heavy (non-hydrogen) atoms. The van der Waals surface area contributed by atoms with Gasteiger partial charge in [-0.1, -0.05) is 6.07 Å². The molecule has 0 N–H and O–H groups in total. The monoisotopic (exact) mass is 180 g/mol.